The average Bonchev–Trinajstić information content (AvgIpc) is 2.42. The zero-order valence-electron chi connectivity index (χ0n) is 10.8. The first-order valence-corrected chi connectivity index (χ1v) is 6.35. The summed E-state index contributed by atoms with van der Waals surface area (Å²) in [6.45, 7) is 0. The molecule has 0 saturated carbocycles. The zero-order chi connectivity index (χ0) is 14.5. The fraction of sp³-hybridized carbons (Fsp3) is 0.286. The normalized spacial score (nSPS) is 17.5. The smallest absolute Gasteiger partial charge is 0.339 e. The first-order chi connectivity index (χ1) is 9.58. The van der Waals surface area contributed by atoms with Gasteiger partial charge in [0.05, 0.1) is 5.69 Å². The van der Waals surface area contributed by atoms with Crippen LogP contribution >= 0.6 is 0 Å². The molecular formula is C14H16N2O4. The third kappa shape index (κ3) is 3.28. The average molecular weight is 276 g/mol. The van der Waals surface area contributed by atoms with E-state index in [0.29, 0.717) is 0 Å². The van der Waals surface area contributed by atoms with Crippen molar-refractivity contribution in [2.75, 3.05) is 5.32 Å². The van der Waals surface area contributed by atoms with Crippen LogP contribution in [-0.4, -0.2) is 28.3 Å². The number of carbonyl (C=O) groups excluding carboxylic acids is 1. The number of carboxylic acids is 1. The number of anilines is 1. The number of nitrogens with one attached hydrogen (secondary N) is 2. The molecule has 0 saturated heterocycles. The van der Waals surface area contributed by atoms with E-state index in [1.165, 1.54) is 18.2 Å². The van der Waals surface area contributed by atoms with E-state index in [1.54, 1.807) is 0 Å². The van der Waals surface area contributed by atoms with E-state index < -0.39 is 17.7 Å². The summed E-state index contributed by atoms with van der Waals surface area (Å²) < 4.78 is 0. The van der Waals surface area contributed by atoms with Gasteiger partial charge in [0.2, 0.25) is 0 Å². The molecule has 4 N–H and O–H groups in total. The Kier molecular flexibility index (Phi) is 4.24. The molecule has 6 nitrogen and oxygen atoms in total. The van der Waals surface area contributed by atoms with Gasteiger partial charge in [-0.15, -0.1) is 0 Å². The third-order valence-electron chi connectivity index (χ3n) is 3.12. The van der Waals surface area contributed by atoms with Crippen LogP contribution in [0, 0.1) is 0 Å². The number of aromatic hydroxyl groups is 1. The van der Waals surface area contributed by atoms with E-state index in [-0.39, 0.29) is 17.3 Å². The summed E-state index contributed by atoms with van der Waals surface area (Å²) in [5.41, 5.74) is -0.169. The molecule has 1 atom stereocenters. The topological polar surface area (TPSA) is 98.7 Å². The molecule has 1 aliphatic carbocycles. The minimum absolute atomic E-state index is 0.0600. The number of aromatic carboxylic acids is 1. The number of hydrogen-bond acceptors (Lipinski definition) is 3. The summed E-state index contributed by atoms with van der Waals surface area (Å²) in [5.74, 6) is -1.69. The number of carbonyl (C=O) groups is 2. The highest BCUT2D eigenvalue weighted by Crippen LogP contribution is 2.27. The van der Waals surface area contributed by atoms with Crippen molar-refractivity contribution >= 4 is 17.7 Å². The number of rotatable bonds is 3. The molecule has 1 aromatic carbocycles. The molecule has 0 heterocycles. The SMILES string of the molecule is O=C(Nc1cccc(C(=O)O)c1O)NC1CC=CCC1. The minimum Gasteiger partial charge on any atom is -0.505 e. The molecule has 1 aliphatic rings. The van der Waals surface area contributed by atoms with Crippen molar-refractivity contribution in [2.24, 2.45) is 0 Å². The molecule has 1 aromatic rings. The number of hydrogen-bond donors (Lipinski definition) is 4. The Morgan fingerprint density at radius 2 is 2.05 bits per heavy atom. The Morgan fingerprint density at radius 1 is 1.25 bits per heavy atom. The van der Waals surface area contributed by atoms with Crippen LogP contribution in [0.3, 0.4) is 0 Å². The molecule has 0 bridgehead atoms. The summed E-state index contributed by atoms with van der Waals surface area (Å²) in [6, 6.07) is 3.78. The summed E-state index contributed by atoms with van der Waals surface area (Å²) >= 11 is 0. The van der Waals surface area contributed by atoms with Gasteiger partial charge in [-0.05, 0) is 31.4 Å². The first-order valence-electron chi connectivity index (χ1n) is 6.35. The largest absolute Gasteiger partial charge is 0.505 e. The molecule has 0 spiro atoms. The van der Waals surface area contributed by atoms with E-state index in [1.807, 2.05) is 6.08 Å². The maximum Gasteiger partial charge on any atom is 0.339 e. The minimum atomic E-state index is -1.25. The Morgan fingerprint density at radius 3 is 2.70 bits per heavy atom. The van der Waals surface area contributed by atoms with E-state index in [4.69, 9.17) is 5.11 Å². The van der Waals surface area contributed by atoms with E-state index in [2.05, 4.69) is 16.7 Å². The quantitative estimate of drug-likeness (QED) is 0.503. The van der Waals surface area contributed by atoms with Crippen molar-refractivity contribution in [1.82, 2.24) is 5.32 Å². The summed E-state index contributed by atoms with van der Waals surface area (Å²) in [7, 11) is 0. The number of amides is 2. The second-order valence-electron chi connectivity index (χ2n) is 4.59. The van der Waals surface area contributed by atoms with Gasteiger partial charge in [0.15, 0.2) is 5.75 Å². The van der Waals surface area contributed by atoms with Crippen LogP contribution in [-0.2, 0) is 0 Å². The lowest BCUT2D eigenvalue weighted by atomic mass is 10.0. The van der Waals surface area contributed by atoms with Gasteiger partial charge in [-0.1, -0.05) is 18.2 Å². The maximum absolute atomic E-state index is 11.8. The van der Waals surface area contributed by atoms with Crippen molar-refractivity contribution in [2.45, 2.75) is 25.3 Å². The Hall–Kier alpha value is -2.50. The summed E-state index contributed by atoms with van der Waals surface area (Å²) in [6.07, 6.45) is 6.64. The number of carboxylic acid groups (broad SMARTS) is 1. The highest BCUT2D eigenvalue weighted by atomic mass is 16.4. The molecule has 106 valence electrons. The van der Waals surface area contributed by atoms with Crippen molar-refractivity contribution in [3.63, 3.8) is 0 Å². The standard InChI is InChI=1S/C14H16N2O4/c17-12-10(13(18)19)7-4-8-11(12)16-14(20)15-9-5-2-1-3-6-9/h1-2,4,7-9,17H,3,5-6H2,(H,18,19)(H2,15,16,20). The molecule has 0 aromatic heterocycles. The molecule has 0 aliphatic heterocycles. The molecule has 2 rings (SSSR count). The number of allylic oxidation sites excluding steroid dienone is 1. The van der Waals surface area contributed by atoms with E-state index in [0.717, 1.165) is 19.3 Å². The highest BCUT2D eigenvalue weighted by Gasteiger charge is 2.16. The van der Waals surface area contributed by atoms with Gasteiger partial charge >= 0.3 is 12.0 Å². The van der Waals surface area contributed by atoms with Crippen molar-refractivity contribution in [3.05, 3.63) is 35.9 Å². The second-order valence-corrected chi connectivity index (χ2v) is 4.59. The fourth-order valence-corrected chi connectivity index (χ4v) is 2.09. The molecule has 20 heavy (non-hydrogen) atoms. The number of para-hydroxylation sites is 1. The third-order valence-corrected chi connectivity index (χ3v) is 3.12. The first kappa shape index (κ1) is 13.9. The number of phenols is 1. The lowest BCUT2D eigenvalue weighted by Crippen LogP contribution is -2.38. The van der Waals surface area contributed by atoms with Crippen molar-refractivity contribution < 1.29 is 19.8 Å². The van der Waals surface area contributed by atoms with Gasteiger partial charge in [0, 0.05) is 6.04 Å². The van der Waals surface area contributed by atoms with E-state index >= 15 is 0 Å². The Bertz CT molecular complexity index is 554. The number of benzene rings is 1. The lowest BCUT2D eigenvalue weighted by Gasteiger charge is -2.20. The van der Waals surface area contributed by atoms with Gasteiger partial charge in [0.25, 0.3) is 0 Å². The predicted molar refractivity (Wildman–Crippen MR) is 74.0 cm³/mol. The highest BCUT2D eigenvalue weighted by molar-refractivity contribution is 5.97. The van der Waals surface area contributed by atoms with Gasteiger partial charge in [-0.2, -0.15) is 0 Å². The fourth-order valence-electron chi connectivity index (χ4n) is 2.09. The van der Waals surface area contributed by atoms with Crippen LogP contribution in [0.4, 0.5) is 10.5 Å². The molecule has 2 amide bonds. The molecule has 1 unspecified atom stereocenters. The molecule has 0 radical (unpaired) electrons. The van der Waals surface area contributed by atoms with Gasteiger partial charge in [-0.3, -0.25) is 0 Å². The monoisotopic (exact) mass is 276 g/mol. The van der Waals surface area contributed by atoms with Crippen molar-refractivity contribution in [1.29, 1.82) is 0 Å². The molecular weight excluding hydrogens is 260 g/mol. The van der Waals surface area contributed by atoms with Crippen LogP contribution in [0.15, 0.2) is 30.4 Å². The molecule has 6 heteroatoms. The maximum atomic E-state index is 11.8. The van der Waals surface area contributed by atoms with Crippen LogP contribution < -0.4 is 10.6 Å². The zero-order valence-corrected chi connectivity index (χ0v) is 10.8. The van der Waals surface area contributed by atoms with Gasteiger partial charge in [0.1, 0.15) is 5.56 Å². The van der Waals surface area contributed by atoms with Gasteiger partial charge < -0.3 is 20.8 Å². The summed E-state index contributed by atoms with van der Waals surface area (Å²) in [5, 5.41) is 23.9. The predicted octanol–water partition coefficient (Wildman–Crippen LogP) is 2.32. The van der Waals surface area contributed by atoms with Crippen LogP contribution in [0.5, 0.6) is 5.75 Å². The van der Waals surface area contributed by atoms with Crippen LogP contribution in [0.2, 0.25) is 0 Å². The lowest BCUT2D eigenvalue weighted by molar-refractivity contribution is 0.0693. The van der Waals surface area contributed by atoms with Crippen LogP contribution in [0.1, 0.15) is 29.6 Å². The van der Waals surface area contributed by atoms with Crippen molar-refractivity contribution in [3.8, 4) is 5.75 Å². The van der Waals surface area contributed by atoms with Crippen LogP contribution in [0.25, 0.3) is 0 Å². The molecule has 0 fully saturated rings. The van der Waals surface area contributed by atoms with Gasteiger partial charge in [-0.25, -0.2) is 9.59 Å². The summed E-state index contributed by atoms with van der Waals surface area (Å²) in [4.78, 5) is 22.7. The Balaban J connectivity index is 2.02. The number of urea groups is 1. The van der Waals surface area contributed by atoms with E-state index in [9.17, 15) is 14.7 Å². The second kappa shape index (κ2) is 6.10. The Labute approximate surface area is 116 Å².